The van der Waals surface area contributed by atoms with Crippen LogP contribution in [-0.4, -0.2) is 51.9 Å². The molecule has 0 spiro atoms. The first-order valence-electron chi connectivity index (χ1n) is 12.9. The molecule has 2 aliphatic rings. The lowest BCUT2D eigenvalue weighted by molar-refractivity contribution is -0.252. The molecule has 1 aliphatic heterocycles. The molecule has 1 aliphatic carbocycles. The number of carboxylic acid groups (broad SMARTS) is 1. The van der Waals surface area contributed by atoms with E-state index in [1.807, 2.05) is 31.2 Å². The topological polar surface area (TPSA) is 105 Å². The smallest absolute Gasteiger partial charge is 0.330 e. The van der Waals surface area contributed by atoms with Crippen molar-refractivity contribution < 1.29 is 28.2 Å². The number of para-hydroxylation sites is 1. The zero-order valence-electron chi connectivity index (χ0n) is 20.9. The van der Waals surface area contributed by atoms with Gasteiger partial charge in [0.2, 0.25) is 5.78 Å². The monoisotopic (exact) mass is 509 g/mol. The average molecular weight is 510 g/mol. The van der Waals surface area contributed by atoms with Crippen LogP contribution >= 0.6 is 0 Å². The number of hydrogen-bond acceptors (Lipinski definition) is 7. The van der Waals surface area contributed by atoms with Gasteiger partial charge in [-0.1, -0.05) is 24.3 Å². The summed E-state index contributed by atoms with van der Waals surface area (Å²) in [6.45, 7) is 2.88. The molecule has 2 fully saturated rings. The number of carbonyl (C=O) groups excluding carboxylic acids is 1. The Hall–Kier alpha value is -3.30. The highest BCUT2D eigenvalue weighted by molar-refractivity contribution is 5.88. The summed E-state index contributed by atoms with van der Waals surface area (Å²) in [6, 6.07) is 13.4. The molecular weight excluding hydrogens is 477 g/mol. The molecule has 1 saturated carbocycles. The van der Waals surface area contributed by atoms with Gasteiger partial charge in [0.05, 0.1) is 12.0 Å². The van der Waals surface area contributed by atoms with Crippen molar-refractivity contribution in [3.8, 4) is 0 Å². The number of oxazole rings is 1. The second-order valence-electron chi connectivity index (χ2n) is 10.0. The molecule has 0 amide bonds. The predicted molar refractivity (Wildman–Crippen MR) is 136 cm³/mol. The van der Waals surface area contributed by atoms with Crippen LogP contribution in [-0.2, 0) is 20.7 Å². The number of Topliss-reactive ketones (excluding diaryl/α,β-unsaturated/α-hetero) is 1. The van der Waals surface area contributed by atoms with Crippen LogP contribution in [0.1, 0.15) is 49.7 Å². The Morgan fingerprint density at radius 2 is 1.89 bits per heavy atom. The molecule has 1 saturated heterocycles. The minimum absolute atomic E-state index is 0.158. The molecule has 1 atom stereocenters. The molecule has 2 heterocycles. The van der Waals surface area contributed by atoms with E-state index >= 15 is 4.39 Å². The van der Waals surface area contributed by atoms with E-state index in [4.69, 9.17) is 9.15 Å². The van der Waals surface area contributed by atoms with Crippen molar-refractivity contribution in [3.05, 3.63) is 53.6 Å². The molecule has 37 heavy (non-hydrogen) atoms. The third-order valence-corrected chi connectivity index (χ3v) is 7.41. The van der Waals surface area contributed by atoms with Gasteiger partial charge in [-0.15, -0.1) is 0 Å². The van der Waals surface area contributed by atoms with Gasteiger partial charge in [0.1, 0.15) is 5.52 Å². The van der Waals surface area contributed by atoms with Crippen molar-refractivity contribution in [1.82, 2.24) is 9.88 Å². The summed E-state index contributed by atoms with van der Waals surface area (Å²) in [6.07, 6.45) is 2.64. The molecule has 3 aromatic rings. The number of nitrogens with one attached hydrogen (secondary N) is 1. The van der Waals surface area contributed by atoms with Crippen LogP contribution in [0.2, 0.25) is 0 Å². The minimum atomic E-state index is -2.54. The van der Waals surface area contributed by atoms with E-state index in [1.165, 1.54) is 4.90 Å². The number of nitrogens with zero attached hydrogens (tertiary/aromatic N) is 2. The summed E-state index contributed by atoms with van der Waals surface area (Å²) in [5.74, 6) is -4.46. The minimum Gasteiger partial charge on any atom is -0.481 e. The van der Waals surface area contributed by atoms with Gasteiger partial charge in [-0.3, -0.25) is 9.59 Å². The molecule has 0 radical (unpaired) electrons. The highest BCUT2D eigenvalue weighted by Gasteiger charge is 2.48. The maximum atomic E-state index is 16.4. The van der Waals surface area contributed by atoms with Crippen LogP contribution in [0.5, 0.6) is 0 Å². The second kappa shape index (κ2) is 10.6. The number of likely N-dealkylation sites (tertiary alicyclic amines) is 1. The number of anilines is 2. The van der Waals surface area contributed by atoms with Crippen molar-refractivity contribution in [2.24, 2.45) is 5.92 Å². The Bertz CT molecular complexity index is 1280. The number of benzene rings is 2. The summed E-state index contributed by atoms with van der Waals surface area (Å²) in [4.78, 5) is 30.6. The van der Waals surface area contributed by atoms with Gasteiger partial charge in [0.15, 0.2) is 5.58 Å². The number of aryl methyl sites for hydroxylation is 1. The van der Waals surface area contributed by atoms with E-state index in [9.17, 15) is 14.7 Å². The summed E-state index contributed by atoms with van der Waals surface area (Å²) in [5, 5.41) is 12.4. The molecule has 1 aromatic heterocycles. The number of carboxylic acids is 1. The first-order chi connectivity index (χ1) is 17.8. The fraction of sp³-hybridized carbons (Fsp3) is 0.464. The average Bonchev–Trinajstić information content (AvgIpc) is 3.56. The van der Waals surface area contributed by atoms with E-state index in [0.717, 1.165) is 24.1 Å². The Balaban J connectivity index is 1.31. The molecule has 9 heteroatoms. The van der Waals surface area contributed by atoms with Crippen molar-refractivity contribution in [2.75, 3.05) is 18.4 Å². The lowest BCUT2D eigenvalue weighted by Crippen LogP contribution is -2.54. The van der Waals surface area contributed by atoms with Gasteiger partial charge >= 0.3 is 11.9 Å². The van der Waals surface area contributed by atoms with Crippen molar-refractivity contribution >= 4 is 34.6 Å². The molecule has 2 aromatic carbocycles. The van der Waals surface area contributed by atoms with Gasteiger partial charge in [-0.2, -0.15) is 9.37 Å². The lowest BCUT2D eigenvalue weighted by atomic mass is 9.87. The van der Waals surface area contributed by atoms with Crippen LogP contribution in [0.3, 0.4) is 0 Å². The van der Waals surface area contributed by atoms with Gasteiger partial charge in [0.25, 0.3) is 6.01 Å². The number of fused-ring (bicyclic) bond motifs is 1. The van der Waals surface area contributed by atoms with Gasteiger partial charge in [-0.25, -0.2) is 4.90 Å². The van der Waals surface area contributed by atoms with Crippen molar-refractivity contribution in [3.63, 3.8) is 0 Å². The molecule has 196 valence electrons. The lowest BCUT2D eigenvalue weighted by Gasteiger charge is -2.37. The number of ketones is 1. The molecule has 1 unspecified atom stereocenters. The number of alkyl halides is 1. The van der Waals surface area contributed by atoms with Crippen LogP contribution < -0.4 is 5.32 Å². The summed E-state index contributed by atoms with van der Waals surface area (Å²) in [7, 11) is 0. The Kier molecular flexibility index (Phi) is 7.26. The van der Waals surface area contributed by atoms with E-state index in [2.05, 4.69) is 10.3 Å². The Morgan fingerprint density at radius 1 is 1.16 bits per heavy atom. The van der Waals surface area contributed by atoms with E-state index in [-0.39, 0.29) is 6.42 Å². The number of aliphatic carboxylic acids is 1. The third kappa shape index (κ3) is 5.52. The van der Waals surface area contributed by atoms with Gasteiger partial charge < -0.3 is 19.6 Å². The third-order valence-electron chi connectivity index (χ3n) is 7.41. The molecule has 0 bridgehead atoms. The second-order valence-corrected chi connectivity index (χ2v) is 10.0. The highest BCUT2D eigenvalue weighted by Crippen LogP contribution is 2.34. The predicted octanol–water partition coefficient (Wildman–Crippen LogP) is 5.37. The number of hydrogen-bond donors (Lipinski definition) is 2. The number of rotatable bonds is 9. The Morgan fingerprint density at radius 3 is 2.59 bits per heavy atom. The largest absolute Gasteiger partial charge is 0.481 e. The summed E-state index contributed by atoms with van der Waals surface area (Å²) in [5.41, 5.74) is 3.67. The van der Waals surface area contributed by atoms with E-state index < -0.39 is 29.8 Å². The fourth-order valence-corrected chi connectivity index (χ4v) is 5.23. The first kappa shape index (κ1) is 25.4. The number of aromatic nitrogens is 1. The van der Waals surface area contributed by atoms with Gasteiger partial charge in [-0.05, 0) is 74.8 Å². The SMILES string of the molecule is Cc1ccccc1Nc1nc2ccc(CC(=O)C(F)(O[C@H]3CC[C@H](C(=O)O)CC3)N3CCCC3)cc2o1. The van der Waals surface area contributed by atoms with Crippen LogP contribution in [0.4, 0.5) is 16.1 Å². The van der Waals surface area contributed by atoms with E-state index in [1.54, 1.807) is 18.2 Å². The number of ether oxygens (including phenoxy) is 1. The maximum absolute atomic E-state index is 16.4. The standard InChI is InChI=1S/C28H32FN3O5/c1-18-6-2-3-7-22(18)30-27-31-23-13-8-19(16-24(23)36-27)17-25(33)28(29,32-14-4-5-15-32)37-21-11-9-20(10-12-21)26(34)35/h2-3,6-8,13,16,20-21H,4-5,9-12,14-15,17H2,1H3,(H,30,31)(H,34,35)/t20-,21-,28?. The maximum Gasteiger partial charge on any atom is 0.330 e. The highest BCUT2D eigenvalue weighted by atomic mass is 19.2. The van der Waals surface area contributed by atoms with E-state index in [0.29, 0.717) is 61.5 Å². The molecular formula is C28H32FN3O5. The quantitative estimate of drug-likeness (QED) is 0.371. The zero-order valence-corrected chi connectivity index (χ0v) is 20.9. The zero-order chi connectivity index (χ0) is 26.0. The van der Waals surface area contributed by atoms with Crippen molar-refractivity contribution in [2.45, 2.75) is 64.0 Å². The number of carbonyl (C=O) groups is 2. The molecule has 2 N–H and O–H groups in total. The van der Waals surface area contributed by atoms with Crippen LogP contribution in [0, 0.1) is 12.8 Å². The van der Waals surface area contributed by atoms with Crippen molar-refractivity contribution in [1.29, 1.82) is 0 Å². The first-order valence-corrected chi connectivity index (χ1v) is 12.9. The number of halogens is 1. The molecule has 8 nitrogen and oxygen atoms in total. The van der Waals surface area contributed by atoms with Crippen LogP contribution in [0.15, 0.2) is 46.9 Å². The normalized spacial score (nSPS) is 22.1. The van der Waals surface area contributed by atoms with Gasteiger partial charge in [0, 0.05) is 25.2 Å². The summed E-state index contributed by atoms with van der Waals surface area (Å²) < 4.78 is 28.1. The summed E-state index contributed by atoms with van der Waals surface area (Å²) >= 11 is 0. The molecule has 5 rings (SSSR count). The van der Waals surface area contributed by atoms with Crippen LogP contribution in [0.25, 0.3) is 11.1 Å². The fourth-order valence-electron chi connectivity index (χ4n) is 5.23. The Labute approximate surface area is 214 Å².